The highest BCUT2D eigenvalue weighted by molar-refractivity contribution is 7.99. The lowest BCUT2D eigenvalue weighted by molar-refractivity contribution is 0.102. The molecule has 0 bridgehead atoms. The zero-order valence-electron chi connectivity index (χ0n) is 17.3. The maximum Gasteiger partial charge on any atom is 0.332 e. The Kier molecular flexibility index (Phi) is 5.85. The molecule has 0 saturated heterocycles. The van der Waals surface area contributed by atoms with Crippen molar-refractivity contribution in [2.24, 2.45) is 14.1 Å². The molecule has 0 fully saturated rings. The molecule has 3 aromatic heterocycles. The molecular formula is C21H19N5O4S2. The summed E-state index contributed by atoms with van der Waals surface area (Å²) in [6.07, 6.45) is 0. The fraction of sp³-hybridized carbons (Fsp3) is 0.190. The monoisotopic (exact) mass is 469 g/mol. The molecule has 0 aliphatic carbocycles. The Morgan fingerprint density at radius 1 is 1.06 bits per heavy atom. The van der Waals surface area contributed by atoms with Crippen LogP contribution in [-0.4, -0.2) is 30.2 Å². The fourth-order valence-electron chi connectivity index (χ4n) is 3.26. The van der Waals surface area contributed by atoms with Crippen LogP contribution in [0.25, 0.3) is 10.2 Å². The van der Waals surface area contributed by atoms with Crippen molar-refractivity contribution < 1.29 is 4.79 Å². The summed E-state index contributed by atoms with van der Waals surface area (Å²) in [6, 6.07) is 10.9. The first-order valence-corrected chi connectivity index (χ1v) is 11.4. The molecule has 1 aromatic carbocycles. The van der Waals surface area contributed by atoms with Crippen molar-refractivity contribution in [2.45, 2.75) is 11.7 Å². The average molecular weight is 470 g/mol. The Morgan fingerprint density at radius 2 is 1.78 bits per heavy atom. The van der Waals surface area contributed by atoms with E-state index in [9.17, 15) is 19.2 Å². The number of Topliss-reactive ketones (excluding diaryl/α,β-unsaturated/α-hetero) is 1. The normalized spacial score (nSPS) is 11.2. The van der Waals surface area contributed by atoms with Gasteiger partial charge in [-0.25, -0.2) is 9.78 Å². The molecule has 9 nitrogen and oxygen atoms in total. The number of rotatable bonds is 6. The molecule has 0 atom stereocenters. The van der Waals surface area contributed by atoms with Gasteiger partial charge in [0.05, 0.1) is 17.8 Å². The molecule has 2 N–H and O–H groups in total. The average Bonchev–Trinajstić information content (AvgIpc) is 3.26. The van der Waals surface area contributed by atoms with E-state index in [0.717, 1.165) is 21.9 Å². The third kappa shape index (κ3) is 3.80. The quantitative estimate of drug-likeness (QED) is 0.258. The smallest absolute Gasteiger partial charge is 0.332 e. The molecular weight excluding hydrogens is 450 g/mol. The lowest BCUT2D eigenvalue weighted by atomic mass is 10.2. The molecule has 0 saturated carbocycles. The van der Waals surface area contributed by atoms with Gasteiger partial charge in [0.15, 0.2) is 10.9 Å². The number of carbonyl (C=O) groups is 1. The minimum absolute atomic E-state index is 0.123. The maximum atomic E-state index is 13.0. The number of ketones is 1. The number of thiophene rings is 1. The van der Waals surface area contributed by atoms with Crippen molar-refractivity contribution in [2.75, 3.05) is 11.5 Å². The van der Waals surface area contributed by atoms with Crippen molar-refractivity contribution in [3.8, 4) is 0 Å². The van der Waals surface area contributed by atoms with Crippen molar-refractivity contribution in [1.29, 1.82) is 0 Å². The molecule has 164 valence electrons. The van der Waals surface area contributed by atoms with Gasteiger partial charge in [0.25, 0.3) is 11.1 Å². The van der Waals surface area contributed by atoms with Crippen LogP contribution in [0.15, 0.2) is 61.3 Å². The van der Waals surface area contributed by atoms with Gasteiger partial charge in [-0.1, -0.05) is 42.1 Å². The first kappa shape index (κ1) is 21.8. The van der Waals surface area contributed by atoms with Crippen LogP contribution in [0.4, 0.5) is 5.82 Å². The van der Waals surface area contributed by atoms with Crippen LogP contribution in [0.3, 0.4) is 0 Å². The number of anilines is 1. The van der Waals surface area contributed by atoms with E-state index in [1.165, 1.54) is 27.5 Å². The molecule has 0 aliphatic heterocycles. The van der Waals surface area contributed by atoms with E-state index in [1.54, 1.807) is 18.5 Å². The van der Waals surface area contributed by atoms with Gasteiger partial charge in [-0.05, 0) is 17.0 Å². The molecule has 0 unspecified atom stereocenters. The second-order valence-corrected chi connectivity index (χ2v) is 8.94. The number of carbonyl (C=O) groups excluding carboxylic acids is 1. The number of aromatic nitrogens is 4. The van der Waals surface area contributed by atoms with Crippen molar-refractivity contribution in [3.05, 3.63) is 84.1 Å². The minimum atomic E-state index is -0.752. The first-order chi connectivity index (χ1) is 15.3. The van der Waals surface area contributed by atoms with Gasteiger partial charge in [-0.2, -0.15) is 0 Å². The van der Waals surface area contributed by atoms with Crippen LogP contribution in [-0.2, 0) is 20.6 Å². The highest BCUT2D eigenvalue weighted by Crippen LogP contribution is 2.21. The lowest BCUT2D eigenvalue weighted by Crippen LogP contribution is -2.43. The summed E-state index contributed by atoms with van der Waals surface area (Å²) in [6.45, 7) is 0.123. The molecule has 0 radical (unpaired) electrons. The molecule has 11 heteroatoms. The van der Waals surface area contributed by atoms with E-state index in [-0.39, 0.29) is 29.2 Å². The van der Waals surface area contributed by atoms with Crippen LogP contribution in [0, 0.1) is 0 Å². The van der Waals surface area contributed by atoms with Crippen LogP contribution in [0.5, 0.6) is 0 Å². The molecule has 0 amide bonds. The van der Waals surface area contributed by atoms with Gasteiger partial charge in [0.2, 0.25) is 0 Å². The van der Waals surface area contributed by atoms with E-state index in [4.69, 9.17) is 5.73 Å². The molecule has 0 spiro atoms. The Labute approximate surface area is 189 Å². The second kappa shape index (κ2) is 8.60. The number of fused-ring (bicyclic) bond motifs is 1. The zero-order chi connectivity index (χ0) is 23.0. The number of nitrogens with zero attached hydrogens (tertiary/aromatic N) is 4. The topological polar surface area (TPSA) is 122 Å². The SMILES string of the molecule is Cn1c(SCC(=O)c2c(N)n(Cc3ccccc3)c(=O)n(C)c2=O)nc2ccsc2c1=O. The Bertz CT molecular complexity index is 1520. The summed E-state index contributed by atoms with van der Waals surface area (Å²) in [5.41, 5.74) is 5.68. The van der Waals surface area contributed by atoms with Crippen molar-refractivity contribution in [1.82, 2.24) is 18.7 Å². The predicted octanol–water partition coefficient (Wildman–Crippen LogP) is 1.46. The number of hydrogen-bond donors (Lipinski definition) is 1. The molecule has 0 aliphatic rings. The van der Waals surface area contributed by atoms with Crippen LogP contribution < -0.4 is 22.5 Å². The molecule has 4 aromatic rings. The van der Waals surface area contributed by atoms with Gasteiger partial charge < -0.3 is 5.73 Å². The highest BCUT2D eigenvalue weighted by Gasteiger charge is 2.22. The van der Waals surface area contributed by atoms with E-state index < -0.39 is 17.0 Å². The van der Waals surface area contributed by atoms with Gasteiger partial charge in [0.1, 0.15) is 16.1 Å². The number of benzene rings is 1. The maximum absolute atomic E-state index is 13.0. The standard InChI is InChI=1S/C21H19N5O4S2/c1-24-19(29)16-13(8-9-31-16)23-20(24)32-11-14(27)15-17(22)26(21(30)25(2)18(15)28)10-12-6-4-3-5-7-12/h3-9H,10-11,22H2,1-2H3. The third-order valence-corrected chi connectivity index (χ3v) is 6.95. The lowest BCUT2D eigenvalue weighted by Gasteiger charge is -2.15. The molecule has 32 heavy (non-hydrogen) atoms. The van der Waals surface area contributed by atoms with Gasteiger partial charge in [-0.15, -0.1) is 11.3 Å². The number of nitrogens with two attached hydrogens (primary N) is 1. The Hall–Kier alpha value is -3.44. The van der Waals surface area contributed by atoms with E-state index in [1.807, 2.05) is 30.3 Å². The Balaban J connectivity index is 1.68. The van der Waals surface area contributed by atoms with Crippen LogP contribution in [0.2, 0.25) is 0 Å². The van der Waals surface area contributed by atoms with Gasteiger partial charge in [0, 0.05) is 14.1 Å². The minimum Gasteiger partial charge on any atom is -0.384 e. The van der Waals surface area contributed by atoms with Crippen molar-refractivity contribution in [3.63, 3.8) is 0 Å². The van der Waals surface area contributed by atoms with E-state index in [0.29, 0.717) is 15.4 Å². The van der Waals surface area contributed by atoms with Crippen LogP contribution >= 0.6 is 23.1 Å². The third-order valence-electron chi connectivity index (χ3n) is 5.02. The summed E-state index contributed by atoms with van der Waals surface area (Å²) in [5, 5.41) is 2.13. The van der Waals surface area contributed by atoms with E-state index in [2.05, 4.69) is 4.98 Å². The zero-order valence-corrected chi connectivity index (χ0v) is 18.9. The molecule has 3 heterocycles. The highest BCUT2D eigenvalue weighted by atomic mass is 32.2. The fourth-order valence-corrected chi connectivity index (χ4v) is 4.91. The van der Waals surface area contributed by atoms with E-state index >= 15 is 0 Å². The first-order valence-electron chi connectivity index (χ1n) is 9.53. The van der Waals surface area contributed by atoms with Crippen LogP contribution in [0.1, 0.15) is 15.9 Å². The Morgan fingerprint density at radius 3 is 2.50 bits per heavy atom. The second-order valence-electron chi connectivity index (χ2n) is 7.08. The van der Waals surface area contributed by atoms with Gasteiger partial charge in [-0.3, -0.25) is 28.1 Å². The largest absolute Gasteiger partial charge is 0.384 e. The summed E-state index contributed by atoms with van der Waals surface area (Å²) in [7, 11) is 2.89. The summed E-state index contributed by atoms with van der Waals surface area (Å²) < 4.78 is 3.99. The number of nitrogen functional groups attached to an aromatic ring is 1. The van der Waals surface area contributed by atoms with Crippen molar-refractivity contribution >= 4 is 44.9 Å². The predicted molar refractivity (Wildman–Crippen MR) is 126 cm³/mol. The van der Waals surface area contributed by atoms with Gasteiger partial charge >= 0.3 is 5.69 Å². The summed E-state index contributed by atoms with van der Waals surface area (Å²) in [5.74, 6) is -0.893. The summed E-state index contributed by atoms with van der Waals surface area (Å²) in [4.78, 5) is 55.2. The number of hydrogen-bond acceptors (Lipinski definition) is 8. The number of thioether (sulfide) groups is 1. The summed E-state index contributed by atoms with van der Waals surface area (Å²) >= 11 is 2.34. The molecule has 4 rings (SSSR count).